The molecule has 2 aliphatic heterocycles. The van der Waals surface area contributed by atoms with Gasteiger partial charge in [-0.15, -0.1) is 0 Å². The molecule has 0 aliphatic carbocycles. The van der Waals surface area contributed by atoms with E-state index in [2.05, 4.69) is 10.2 Å². The first-order chi connectivity index (χ1) is 8.74. The third kappa shape index (κ3) is 2.10. The van der Waals surface area contributed by atoms with Crippen LogP contribution in [0.3, 0.4) is 0 Å². The Hall–Kier alpha value is -1.50. The average Bonchev–Trinajstić information content (AvgIpc) is 2.38. The fourth-order valence-electron chi connectivity index (χ4n) is 2.29. The van der Waals surface area contributed by atoms with Gasteiger partial charge >= 0.3 is 0 Å². The molecule has 2 aliphatic rings. The summed E-state index contributed by atoms with van der Waals surface area (Å²) in [5.41, 5.74) is 6.67. The predicted octanol–water partition coefficient (Wildman–Crippen LogP) is -0.529. The Kier molecular flexibility index (Phi) is 2.99. The van der Waals surface area contributed by atoms with Crippen LogP contribution in [0.5, 0.6) is 11.5 Å². The van der Waals surface area contributed by atoms with Crippen molar-refractivity contribution in [3.8, 4) is 11.5 Å². The molecule has 0 radical (unpaired) electrons. The second-order valence-electron chi connectivity index (χ2n) is 4.49. The number of aliphatic hydroxyl groups is 1. The largest absolute Gasteiger partial charge is 0.484 e. The third-order valence-electron chi connectivity index (χ3n) is 3.13. The first-order valence-electron chi connectivity index (χ1n) is 6.08. The zero-order valence-electron chi connectivity index (χ0n) is 10.0. The number of nitrogens with zero attached hydrogens (tertiary/aromatic N) is 1. The predicted molar refractivity (Wildman–Crippen MR) is 66.8 cm³/mol. The lowest BCUT2D eigenvalue weighted by molar-refractivity contribution is 0.0951. The van der Waals surface area contributed by atoms with Crippen LogP contribution in [0.4, 0.5) is 5.69 Å². The van der Waals surface area contributed by atoms with Crippen molar-refractivity contribution in [1.82, 2.24) is 5.32 Å². The number of hydrogen-bond donors (Lipinski definition) is 3. The van der Waals surface area contributed by atoms with Crippen LogP contribution in [-0.4, -0.2) is 43.8 Å². The summed E-state index contributed by atoms with van der Waals surface area (Å²) in [5.74, 6) is 1.38. The maximum absolute atomic E-state index is 9.65. The number of para-hydroxylation sites is 1. The van der Waals surface area contributed by atoms with Gasteiger partial charge in [-0.1, -0.05) is 6.07 Å². The number of nitrogens with two attached hydrogens (primary N) is 1. The first-order valence-corrected chi connectivity index (χ1v) is 6.08. The van der Waals surface area contributed by atoms with Crippen LogP contribution in [0, 0.1) is 0 Å². The lowest BCUT2D eigenvalue weighted by atomic mass is 10.2. The fourth-order valence-corrected chi connectivity index (χ4v) is 2.29. The summed E-state index contributed by atoms with van der Waals surface area (Å²) < 4.78 is 11.2. The van der Waals surface area contributed by atoms with Gasteiger partial charge < -0.3 is 19.5 Å². The van der Waals surface area contributed by atoms with Gasteiger partial charge in [-0.05, 0) is 12.1 Å². The van der Waals surface area contributed by atoms with Crippen LogP contribution in [-0.2, 0) is 0 Å². The highest BCUT2D eigenvalue weighted by atomic mass is 16.6. The number of nitrogens with one attached hydrogen (secondary N) is 1. The molecule has 6 nitrogen and oxygen atoms in total. The van der Waals surface area contributed by atoms with Gasteiger partial charge in [0.1, 0.15) is 12.8 Å². The number of rotatable bonds is 1. The molecule has 1 aromatic carbocycles. The smallest absolute Gasteiger partial charge is 0.187 e. The van der Waals surface area contributed by atoms with Crippen molar-refractivity contribution < 1.29 is 14.6 Å². The highest BCUT2D eigenvalue weighted by Crippen LogP contribution is 2.40. The minimum Gasteiger partial charge on any atom is -0.484 e. The standard InChI is InChI=1S/C12H17N3O3/c13-10-7-17-9-3-1-2-8(12(9)18-10)15-5-4-14-11(16)6-15/h1-3,10-11,14,16H,4-7,13H2. The molecular weight excluding hydrogens is 234 g/mol. The van der Waals surface area contributed by atoms with E-state index in [9.17, 15) is 5.11 Å². The molecule has 1 fully saturated rings. The molecule has 1 saturated heterocycles. The summed E-state index contributed by atoms with van der Waals surface area (Å²) in [6.07, 6.45) is -0.959. The fraction of sp³-hybridized carbons (Fsp3) is 0.500. The molecule has 0 saturated carbocycles. The zero-order valence-corrected chi connectivity index (χ0v) is 10.0. The monoisotopic (exact) mass is 251 g/mol. The van der Waals surface area contributed by atoms with Crippen molar-refractivity contribution in [2.45, 2.75) is 12.5 Å². The Labute approximate surface area is 105 Å². The van der Waals surface area contributed by atoms with Crippen molar-refractivity contribution in [1.29, 1.82) is 0 Å². The number of piperazine rings is 1. The lowest BCUT2D eigenvalue weighted by Crippen LogP contribution is -2.51. The Morgan fingerprint density at radius 1 is 1.44 bits per heavy atom. The molecule has 98 valence electrons. The van der Waals surface area contributed by atoms with Crippen LogP contribution >= 0.6 is 0 Å². The molecule has 2 unspecified atom stereocenters. The minimum absolute atomic E-state index is 0.362. The maximum atomic E-state index is 9.65. The van der Waals surface area contributed by atoms with Crippen LogP contribution in [0.2, 0.25) is 0 Å². The second-order valence-corrected chi connectivity index (χ2v) is 4.49. The summed E-state index contributed by atoms with van der Waals surface area (Å²) in [4.78, 5) is 2.07. The van der Waals surface area contributed by atoms with E-state index in [0.29, 0.717) is 24.7 Å². The molecule has 2 atom stereocenters. The molecule has 0 amide bonds. The minimum atomic E-state index is -0.521. The summed E-state index contributed by atoms with van der Waals surface area (Å²) in [6.45, 7) is 2.43. The number of benzene rings is 1. The number of β-amino-alcohol motifs (C(OH)–C–C–N with tert-alkyl or cyclic N) is 1. The van der Waals surface area contributed by atoms with Gasteiger partial charge in [0.2, 0.25) is 0 Å². The molecule has 0 aromatic heterocycles. The Balaban J connectivity index is 1.92. The van der Waals surface area contributed by atoms with Crippen LogP contribution in [0.15, 0.2) is 18.2 Å². The van der Waals surface area contributed by atoms with Gasteiger partial charge in [0, 0.05) is 13.1 Å². The molecule has 18 heavy (non-hydrogen) atoms. The van der Waals surface area contributed by atoms with Crippen molar-refractivity contribution in [3.63, 3.8) is 0 Å². The van der Waals surface area contributed by atoms with E-state index in [1.54, 1.807) is 0 Å². The number of fused-ring (bicyclic) bond motifs is 1. The van der Waals surface area contributed by atoms with Crippen molar-refractivity contribution in [2.75, 3.05) is 31.1 Å². The van der Waals surface area contributed by atoms with E-state index >= 15 is 0 Å². The molecule has 1 aromatic rings. The number of aliphatic hydroxyl groups excluding tert-OH is 1. The van der Waals surface area contributed by atoms with Gasteiger partial charge in [0.05, 0.1) is 12.2 Å². The van der Waals surface area contributed by atoms with E-state index in [1.807, 2.05) is 18.2 Å². The normalized spacial score (nSPS) is 27.1. The molecule has 3 rings (SSSR count). The van der Waals surface area contributed by atoms with Crippen molar-refractivity contribution in [3.05, 3.63) is 18.2 Å². The van der Waals surface area contributed by atoms with E-state index in [4.69, 9.17) is 15.2 Å². The number of anilines is 1. The van der Waals surface area contributed by atoms with Gasteiger partial charge in [-0.2, -0.15) is 0 Å². The SMILES string of the molecule is NC1COc2cccc(N3CCNC(O)C3)c2O1. The molecule has 0 spiro atoms. The van der Waals surface area contributed by atoms with Crippen LogP contribution in [0.1, 0.15) is 0 Å². The second kappa shape index (κ2) is 4.64. The summed E-state index contributed by atoms with van der Waals surface area (Å²) >= 11 is 0. The van der Waals surface area contributed by atoms with E-state index in [-0.39, 0.29) is 0 Å². The Morgan fingerprint density at radius 2 is 2.33 bits per heavy atom. The van der Waals surface area contributed by atoms with Crippen LogP contribution in [0.25, 0.3) is 0 Å². The summed E-state index contributed by atoms with van der Waals surface area (Å²) in [7, 11) is 0. The van der Waals surface area contributed by atoms with E-state index in [0.717, 1.165) is 18.8 Å². The molecule has 2 heterocycles. The van der Waals surface area contributed by atoms with Gasteiger partial charge in [0.15, 0.2) is 17.7 Å². The topological polar surface area (TPSA) is 80.0 Å². The maximum Gasteiger partial charge on any atom is 0.187 e. The van der Waals surface area contributed by atoms with Crippen LogP contribution < -0.4 is 25.4 Å². The van der Waals surface area contributed by atoms with Gasteiger partial charge in [0.25, 0.3) is 0 Å². The Bertz CT molecular complexity index is 441. The molecule has 6 heteroatoms. The third-order valence-corrected chi connectivity index (χ3v) is 3.13. The summed E-state index contributed by atoms with van der Waals surface area (Å²) in [6, 6.07) is 5.74. The average molecular weight is 251 g/mol. The number of hydrogen-bond acceptors (Lipinski definition) is 6. The molecule has 0 bridgehead atoms. The summed E-state index contributed by atoms with van der Waals surface area (Å²) in [5, 5.41) is 12.6. The first kappa shape index (κ1) is 11.6. The number of ether oxygens (including phenoxy) is 2. The van der Waals surface area contributed by atoms with Crippen molar-refractivity contribution in [2.24, 2.45) is 5.73 Å². The Morgan fingerprint density at radius 3 is 3.17 bits per heavy atom. The molecule has 4 N–H and O–H groups in total. The zero-order chi connectivity index (χ0) is 12.5. The van der Waals surface area contributed by atoms with E-state index < -0.39 is 12.5 Å². The highest BCUT2D eigenvalue weighted by molar-refractivity contribution is 5.65. The van der Waals surface area contributed by atoms with E-state index in [1.165, 1.54) is 0 Å². The van der Waals surface area contributed by atoms with Gasteiger partial charge in [-0.25, -0.2) is 0 Å². The quantitative estimate of drug-likeness (QED) is 0.623. The van der Waals surface area contributed by atoms with Gasteiger partial charge in [-0.3, -0.25) is 11.1 Å². The van der Waals surface area contributed by atoms with Crippen molar-refractivity contribution >= 4 is 5.69 Å². The molecular formula is C12H17N3O3. The lowest BCUT2D eigenvalue weighted by Gasteiger charge is -2.35. The highest BCUT2D eigenvalue weighted by Gasteiger charge is 2.26.